The third-order valence-electron chi connectivity index (χ3n) is 1.99. The van der Waals surface area contributed by atoms with Gasteiger partial charge in [-0.25, -0.2) is 0 Å². The van der Waals surface area contributed by atoms with Crippen molar-refractivity contribution in [1.29, 1.82) is 0 Å². The molecule has 4 heteroatoms. The van der Waals surface area contributed by atoms with Crippen LogP contribution in [-0.4, -0.2) is 19.8 Å². The zero-order valence-electron chi connectivity index (χ0n) is 8.71. The van der Waals surface area contributed by atoms with Crippen LogP contribution >= 0.6 is 27.3 Å². The summed E-state index contributed by atoms with van der Waals surface area (Å²) in [6.07, 6.45) is 0. The Morgan fingerprint density at radius 2 is 2.29 bits per heavy atom. The first kappa shape index (κ1) is 12.2. The fraction of sp³-hybridized carbons (Fsp3) is 0.600. The van der Waals surface area contributed by atoms with Crippen LogP contribution in [0.1, 0.15) is 24.8 Å². The zero-order chi connectivity index (χ0) is 10.6. The number of halogens is 1. The summed E-state index contributed by atoms with van der Waals surface area (Å²) in [6.45, 7) is 5.04. The van der Waals surface area contributed by atoms with E-state index in [1.54, 1.807) is 18.4 Å². The molecule has 1 aromatic rings. The molecule has 0 aliphatic carbocycles. The van der Waals surface area contributed by atoms with Gasteiger partial charge in [-0.3, -0.25) is 0 Å². The lowest BCUT2D eigenvalue weighted by Gasteiger charge is -2.18. The van der Waals surface area contributed by atoms with Gasteiger partial charge in [-0.15, -0.1) is 11.3 Å². The van der Waals surface area contributed by atoms with Crippen molar-refractivity contribution >= 4 is 27.3 Å². The standard InChI is InChI=1S/C10H16BrNOS/c1-7(6-13-3)12-8(2)10-9(11)4-5-14-10/h4-5,7-8,12H,6H2,1-3H3. The molecule has 1 N–H and O–H groups in total. The largest absolute Gasteiger partial charge is 0.383 e. The number of hydrogen-bond acceptors (Lipinski definition) is 3. The van der Waals surface area contributed by atoms with Gasteiger partial charge in [0.05, 0.1) is 6.61 Å². The topological polar surface area (TPSA) is 21.3 Å². The van der Waals surface area contributed by atoms with Crippen molar-refractivity contribution < 1.29 is 4.74 Å². The Kier molecular flexibility index (Phi) is 5.09. The van der Waals surface area contributed by atoms with E-state index in [1.165, 1.54) is 9.35 Å². The average Bonchev–Trinajstić information content (AvgIpc) is 2.51. The molecular weight excluding hydrogens is 262 g/mol. The Balaban J connectivity index is 2.50. The predicted molar refractivity (Wildman–Crippen MR) is 64.9 cm³/mol. The highest BCUT2D eigenvalue weighted by Gasteiger charge is 2.12. The molecule has 0 saturated heterocycles. The summed E-state index contributed by atoms with van der Waals surface area (Å²) in [5.41, 5.74) is 0. The molecule has 0 spiro atoms. The van der Waals surface area contributed by atoms with Crippen LogP contribution in [0, 0.1) is 0 Å². The molecule has 0 aliphatic rings. The maximum absolute atomic E-state index is 5.08. The van der Waals surface area contributed by atoms with Gasteiger partial charge >= 0.3 is 0 Å². The van der Waals surface area contributed by atoms with Gasteiger partial charge in [0.2, 0.25) is 0 Å². The third-order valence-corrected chi connectivity index (χ3v) is 4.04. The normalized spacial score (nSPS) is 15.4. The van der Waals surface area contributed by atoms with Gasteiger partial charge in [0.1, 0.15) is 0 Å². The molecule has 1 aromatic heterocycles. The predicted octanol–water partition coefficient (Wildman–Crippen LogP) is 3.20. The average molecular weight is 278 g/mol. The minimum Gasteiger partial charge on any atom is -0.383 e. The third kappa shape index (κ3) is 3.35. The lowest BCUT2D eigenvalue weighted by molar-refractivity contribution is 0.168. The van der Waals surface area contributed by atoms with Crippen molar-refractivity contribution in [2.45, 2.75) is 25.9 Å². The number of rotatable bonds is 5. The number of ether oxygens (including phenoxy) is 1. The summed E-state index contributed by atoms with van der Waals surface area (Å²) in [5, 5.41) is 5.58. The Bertz CT molecular complexity index is 277. The zero-order valence-corrected chi connectivity index (χ0v) is 11.1. The van der Waals surface area contributed by atoms with Crippen molar-refractivity contribution in [3.8, 4) is 0 Å². The van der Waals surface area contributed by atoms with E-state index < -0.39 is 0 Å². The molecule has 0 saturated carbocycles. The number of thiophene rings is 1. The molecule has 0 bridgehead atoms. The summed E-state index contributed by atoms with van der Waals surface area (Å²) in [6, 6.07) is 2.83. The van der Waals surface area contributed by atoms with Crippen LogP contribution in [-0.2, 0) is 4.74 Å². The highest BCUT2D eigenvalue weighted by atomic mass is 79.9. The van der Waals surface area contributed by atoms with Crippen LogP contribution in [0.2, 0.25) is 0 Å². The molecule has 2 atom stereocenters. The van der Waals surface area contributed by atoms with Gasteiger partial charge in [0, 0.05) is 28.5 Å². The number of hydrogen-bond donors (Lipinski definition) is 1. The van der Waals surface area contributed by atoms with Crippen LogP contribution < -0.4 is 5.32 Å². The smallest absolute Gasteiger partial charge is 0.0613 e. The fourth-order valence-corrected chi connectivity index (χ4v) is 3.15. The van der Waals surface area contributed by atoms with E-state index >= 15 is 0 Å². The Labute approximate surface area is 97.8 Å². The molecule has 2 unspecified atom stereocenters. The first-order valence-electron chi connectivity index (χ1n) is 4.63. The summed E-state index contributed by atoms with van der Waals surface area (Å²) in [5.74, 6) is 0. The van der Waals surface area contributed by atoms with E-state index in [9.17, 15) is 0 Å². The van der Waals surface area contributed by atoms with E-state index in [0.717, 1.165) is 6.61 Å². The lowest BCUT2D eigenvalue weighted by atomic mass is 10.2. The van der Waals surface area contributed by atoms with Crippen molar-refractivity contribution in [1.82, 2.24) is 5.32 Å². The van der Waals surface area contributed by atoms with Gasteiger partial charge in [0.25, 0.3) is 0 Å². The summed E-state index contributed by atoms with van der Waals surface area (Å²) in [4.78, 5) is 1.34. The Hall–Kier alpha value is 0.100. The minimum atomic E-state index is 0.370. The van der Waals surface area contributed by atoms with Crippen molar-refractivity contribution in [2.75, 3.05) is 13.7 Å². The van der Waals surface area contributed by atoms with Crippen molar-refractivity contribution in [3.63, 3.8) is 0 Å². The molecule has 1 heterocycles. The molecule has 0 fully saturated rings. The van der Waals surface area contributed by atoms with E-state index in [-0.39, 0.29) is 0 Å². The SMILES string of the molecule is COCC(C)NC(C)c1sccc1Br. The Morgan fingerprint density at radius 1 is 1.57 bits per heavy atom. The number of nitrogens with one attached hydrogen (secondary N) is 1. The quantitative estimate of drug-likeness (QED) is 0.893. The first-order valence-corrected chi connectivity index (χ1v) is 6.30. The molecule has 14 heavy (non-hydrogen) atoms. The molecular formula is C10H16BrNOS. The fourth-order valence-electron chi connectivity index (χ4n) is 1.41. The molecule has 2 nitrogen and oxygen atoms in total. The van der Waals surface area contributed by atoms with Gasteiger partial charge in [-0.2, -0.15) is 0 Å². The van der Waals surface area contributed by atoms with Crippen LogP contribution in [0.15, 0.2) is 15.9 Å². The van der Waals surface area contributed by atoms with Crippen molar-refractivity contribution in [3.05, 3.63) is 20.8 Å². The Morgan fingerprint density at radius 3 is 2.79 bits per heavy atom. The van der Waals surface area contributed by atoms with E-state index in [2.05, 4.69) is 46.5 Å². The summed E-state index contributed by atoms with van der Waals surface area (Å²) < 4.78 is 6.27. The second-order valence-electron chi connectivity index (χ2n) is 3.38. The second-order valence-corrected chi connectivity index (χ2v) is 5.18. The van der Waals surface area contributed by atoms with E-state index in [1.807, 2.05) is 0 Å². The maximum Gasteiger partial charge on any atom is 0.0613 e. The van der Waals surface area contributed by atoms with E-state index in [0.29, 0.717) is 12.1 Å². The molecule has 0 aliphatic heterocycles. The summed E-state index contributed by atoms with van der Waals surface area (Å²) >= 11 is 5.30. The molecule has 1 rings (SSSR count). The molecule has 80 valence electrons. The molecule has 0 amide bonds. The highest BCUT2D eigenvalue weighted by molar-refractivity contribution is 9.10. The van der Waals surface area contributed by atoms with Crippen LogP contribution in [0.5, 0.6) is 0 Å². The van der Waals surface area contributed by atoms with Crippen molar-refractivity contribution in [2.24, 2.45) is 0 Å². The maximum atomic E-state index is 5.08. The van der Waals surface area contributed by atoms with Crippen LogP contribution in [0.25, 0.3) is 0 Å². The molecule has 0 aromatic carbocycles. The van der Waals surface area contributed by atoms with Gasteiger partial charge in [-0.1, -0.05) is 0 Å². The number of methoxy groups -OCH3 is 1. The molecule has 0 radical (unpaired) electrons. The van der Waals surface area contributed by atoms with Crippen LogP contribution in [0.4, 0.5) is 0 Å². The first-order chi connectivity index (χ1) is 6.65. The van der Waals surface area contributed by atoms with Crippen LogP contribution in [0.3, 0.4) is 0 Å². The summed E-state index contributed by atoms with van der Waals surface area (Å²) in [7, 11) is 1.73. The van der Waals surface area contributed by atoms with E-state index in [4.69, 9.17) is 4.74 Å². The monoisotopic (exact) mass is 277 g/mol. The van der Waals surface area contributed by atoms with Gasteiger partial charge in [0.15, 0.2) is 0 Å². The lowest BCUT2D eigenvalue weighted by Crippen LogP contribution is -2.32. The van der Waals surface area contributed by atoms with Gasteiger partial charge < -0.3 is 10.1 Å². The highest BCUT2D eigenvalue weighted by Crippen LogP contribution is 2.28. The second kappa shape index (κ2) is 5.85. The minimum absolute atomic E-state index is 0.370. The van der Waals surface area contributed by atoms with Gasteiger partial charge in [-0.05, 0) is 41.2 Å².